The molecule has 0 unspecified atom stereocenters. The van der Waals surface area contributed by atoms with Crippen molar-refractivity contribution in [3.63, 3.8) is 0 Å². The number of hydrogen-bond acceptors (Lipinski definition) is 3. The zero-order valence-electron chi connectivity index (χ0n) is 13.9. The van der Waals surface area contributed by atoms with Crippen molar-refractivity contribution < 1.29 is 13.2 Å². The Balaban J connectivity index is 0.00000288. The van der Waals surface area contributed by atoms with Crippen LogP contribution in [0.1, 0.15) is 44.2 Å². The minimum atomic E-state index is -4.24. The van der Waals surface area contributed by atoms with Crippen molar-refractivity contribution in [1.29, 1.82) is 0 Å². The second-order valence-corrected chi connectivity index (χ2v) is 6.99. The highest BCUT2D eigenvalue weighted by molar-refractivity contribution is 8.00. The molecule has 1 aliphatic heterocycles. The van der Waals surface area contributed by atoms with Crippen molar-refractivity contribution in [1.82, 2.24) is 10.2 Å². The summed E-state index contributed by atoms with van der Waals surface area (Å²) in [6.07, 6.45) is 4.21. The first kappa shape index (κ1) is 21.6. The van der Waals surface area contributed by atoms with Crippen LogP contribution in [0.3, 0.4) is 0 Å². The fourth-order valence-electron chi connectivity index (χ4n) is 3.09. The van der Waals surface area contributed by atoms with E-state index in [2.05, 4.69) is 17.1 Å². The zero-order chi connectivity index (χ0) is 16.7. The highest BCUT2D eigenvalue weighted by Crippen LogP contribution is 2.42. The van der Waals surface area contributed by atoms with Crippen molar-refractivity contribution >= 4 is 24.2 Å². The number of alkyl halides is 3. The van der Waals surface area contributed by atoms with Gasteiger partial charge in [0.05, 0.1) is 0 Å². The Morgan fingerprint density at radius 2 is 1.83 bits per heavy atom. The molecule has 1 saturated heterocycles. The third-order valence-corrected chi connectivity index (χ3v) is 5.00. The molecule has 7 heteroatoms. The summed E-state index contributed by atoms with van der Waals surface area (Å²) in [5, 5.41) is 3.31. The Hall–Kier alpha value is -0.430. The lowest BCUT2D eigenvalue weighted by molar-refractivity contribution is -0.0328. The van der Waals surface area contributed by atoms with Crippen molar-refractivity contribution in [2.24, 2.45) is 0 Å². The normalized spacial score (nSPS) is 17.3. The molecular formula is C17H26ClF3N2S. The van der Waals surface area contributed by atoms with E-state index in [4.69, 9.17) is 0 Å². The molecule has 2 rings (SSSR count). The van der Waals surface area contributed by atoms with Crippen LogP contribution in [0.5, 0.6) is 0 Å². The summed E-state index contributed by atoms with van der Waals surface area (Å²) in [5.41, 5.74) is -3.42. The van der Waals surface area contributed by atoms with Crippen molar-refractivity contribution in [2.45, 2.75) is 49.1 Å². The Morgan fingerprint density at radius 3 is 2.46 bits per heavy atom. The van der Waals surface area contributed by atoms with Gasteiger partial charge in [0.25, 0.3) is 0 Å². The van der Waals surface area contributed by atoms with Crippen LogP contribution < -0.4 is 5.32 Å². The molecule has 0 saturated carbocycles. The average Bonchev–Trinajstić information content (AvgIpc) is 2.52. The number of rotatable bonds is 7. The predicted octanol–water partition coefficient (Wildman–Crippen LogP) is 5.25. The first-order valence-electron chi connectivity index (χ1n) is 8.30. The minimum absolute atomic E-state index is 0. The molecule has 0 aliphatic carbocycles. The van der Waals surface area contributed by atoms with E-state index >= 15 is 0 Å². The Morgan fingerprint density at radius 1 is 1.17 bits per heavy atom. The second kappa shape index (κ2) is 10.5. The van der Waals surface area contributed by atoms with Gasteiger partial charge in [-0.05, 0) is 29.8 Å². The SMILES string of the molecule is CCCCC[C@H](c1ccccc1SC(F)(F)F)N1CCNCC1.Cl. The van der Waals surface area contributed by atoms with Gasteiger partial charge in [-0.1, -0.05) is 44.4 Å². The number of benzene rings is 1. The van der Waals surface area contributed by atoms with Crippen LogP contribution in [0.15, 0.2) is 29.2 Å². The van der Waals surface area contributed by atoms with E-state index in [-0.39, 0.29) is 30.2 Å². The number of halogens is 4. The van der Waals surface area contributed by atoms with Gasteiger partial charge < -0.3 is 5.32 Å². The summed E-state index contributed by atoms with van der Waals surface area (Å²) in [7, 11) is 0. The highest BCUT2D eigenvalue weighted by atomic mass is 35.5. The Kier molecular flexibility index (Phi) is 9.49. The second-order valence-electron chi connectivity index (χ2n) is 5.88. The van der Waals surface area contributed by atoms with Crippen LogP contribution in [-0.2, 0) is 0 Å². The number of nitrogens with one attached hydrogen (secondary N) is 1. The quantitative estimate of drug-likeness (QED) is 0.512. The third-order valence-electron chi connectivity index (χ3n) is 4.18. The van der Waals surface area contributed by atoms with Crippen LogP contribution >= 0.6 is 24.2 Å². The lowest BCUT2D eigenvalue weighted by atomic mass is 9.98. The maximum absolute atomic E-state index is 12.9. The van der Waals surface area contributed by atoms with E-state index in [0.29, 0.717) is 4.90 Å². The van der Waals surface area contributed by atoms with Crippen LogP contribution in [-0.4, -0.2) is 36.6 Å². The molecular weight excluding hydrogens is 357 g/mol. The number of hydrogen-bond donors (Lipinski definition) is 1. The van der Waals surface area contributed by atoms with E-state index in [1.165, 1.54) is 0 Å². The maximum Gasteiger partial charge on any atom is 0.446 e. The third kappa shape index (κ3) is 6.82. The highest BCUT2D eigenvalue weighted by Gasteiger charge is 2.32. The van der Waals surface area contributed by atoms with Gasteiger partial charge in [0.1, 0.15) is 0 Å². The van der Waals surface area contributed by atoms with Crippen LogP contribution in [0.25, 0.3) is 0 Å². The minimum Gasteiger partial charge on any atom is -0.314 e. The number of piperazine rings is 1. The first-order chi connectivity index (χ1) is 11.0. The number of unbranched alkanes of at least 4 members (excludes halogenated alkanes) is 2. The van der Waals surface area contributed by atoms with Crippen molar-refractivity contribution in [3.05, 3.63) is 29.8 Å². The zero-order valence-corrected chi connectivity index (χ0v) is 15.6. The van der Waals surface area contributed by atoms with E-state index < -0.39 is 5.51 Å². The van der Waals surface area contributed by atoms with Crippen LogP contribution in [0.4, 0.5) is 13.2 Å². The molecule has 24 heavy (non-hydrogen) atoms. The molecule has 1 atom stereocenters. The molecule has 0 spiro atoms. The topological polar surface area (TPSA) is 15.3 Å². The van der Waals surface area contributed by atoms with Crippen LogP contribution in [0.2, 0.25) is 0 Å². The van der Waals surface area contributed by atoms with E-state index in [1.54, 1.807) is 12.1 Å². The number of thioether (sulfide) groups is 1. The van der Waals surface area contributed by atoms with Gasteiger partial charge in [-0.2, -0.15) is 13.2 Å². The molecule has 0 bridgehead atoms. The number of nitrogens with zero attached hydrogens (tertiary/aromatic N) is 1. The van der Waals surface area contributed by atoms with Gasteiger partial charge in [-0.25, -0.2) is 0 Å². The van der Waals surface area contributed by atoms with E-state index in [9.17, 15) is 13.2 Å². The molecule has 138 valence electrons. The van der Waals surface area contributed by atoms with Gasteiger partial charge in [-0.15, -0.1) is 12.4 Å². The fourth-order valence-corrected chi connectivity index (χ4v) is 3.81. The van der Waals surface area contributed by atoms with Gasteiger partial charge in [0, 0.05) is 37.1 Å². The lowest BCUT2D eigenvalue weighted by Crippen LogP contribution is -2.45. The molecule has 0 aromatic heterocycles. The van der Waals surface area contributed by atoms with E-state index in [1.807, 2.05) is 12.1 Å². The summed E-state index contributed by atoms with van der Waals surface area (Å²) in [5.74, 6) is 0. The summed E-state index contributed by atoms with van der Waals surface area (Å²) in [6, 6.07) is 7.09. The smallest absolute Gasteiger partial charge is 0.314 e. The van der Waals surface area contributed by atoms with Gasteiger partial charge in [0.15, 0.2) is 0 Å². The monoisotopic (exact) mass is 382 g/mol. The molecule has 1 heterocycles. The molecule has 1 fully saturated rings. The Bertz CT molecular complexity index is 479. The maximum atomic E-state index is 12.9. The molecule has 1 aromatic rings. The predicted molar refractivity (Wildman–Crippen MR) is 96.9 cm³/mol. The van der Waals surface area contributed by atoms with Crippen molar-refractivity contribution in [2.75, 3.05) is 26.2 Å². The van der Waals surface area contributed by atoms with Gasteiger partial charge >= 0.3 is 5.51 Å². The Labute approximate surface area is 153 Å². The summed E-state index contributed by atoms with van der Waals surface area (Å²) in [4.78, 5) is 2.68. The molecule has 1 aromatic carbocycles. The molecule has 0 radical (unpaired) electrons. The first-order valence-corrected chi connectivity index (χ1v) is 9.12. The van der Waals surface area contributed by atoms with Gasteiger partial charge in [-0.3, -0.25) is 4.90 Å². The lowest BCUT2D eigenvalue weighted by Gasteiger charge is -2.36. The summed E-state index contributed by atoms with van der Waals surface area (Å²) >= 11 is 0.0166. The van der Waals surface area contributed by atoms with E-state index in [0.717, 1.165) is 57.4 Å². The average molecular weight is 383 g/mol. The largest absolute Gasteiger partial charge is 0.446 e. The van der Waals surface area contributed by atoms with Crippen molar-refractivity contribution in [3.8, 4) is 0 Å². The summed E-state index contributed by atoms with van der Waals surface area (Å²) in [6.45, 7) is 5.73. The van der Waals surface area contributed by atoms with Gasteiger partial charge in [0.2, 0.25) is 0 Å². The van der Waals surface area contributed by atoms with Crippen LogP contribution in [0, 0.1) is 0 Å². The molecule has 2 nitrogen and oxygen atoms in total. The molecule has 0 amide bonds. The fraction of sp³-hybridized carbons (Fsp3) is 0.647. The molecule has 1 aliphatic rings. The standard InChI is InChI=1S/C17H25F3N2S.ClH/c1-2-3-4-8-15(22-12-10-21-11-13-22)14-7-5-6-9-16(14)23-17(18,19)20;/h5-7,9,15,21H,2-4,8,10-13H2,1H3;1H/t15-;/m1./s1. The molecule has 1 N–H and O–H groups in total. The summed E-state index contributed by atoms with van der Waals surface area (Å²) < 4.78 is 38.6.